The molecule has 1 fully saturated rings. The van der Waals surface area contributed by atoms with Gasteiger partial charge in [-0.25, -0.2) is 4.79 Å². The number of urea groups is 1. The third-order valence-corrected chi connectivity index (χ3v) is 4.96. The summed E-state index contributed by atoms with van der Waals surface area (Å²) in [6.07, 6.45) is 4.34. The molecule has 0 spiro atoms. The van der Waals surface area contributed by atoms with E-state index in [0.29, 0.717) is 24.6 Å². The van der Waals surface area contributed by atoms with Gasteiger partial charge in [0.2, 0.25) is 0 Å². The van der Waals surface area contributed by atoms with E-state index in [4.69, 9.17) is 9.47 Å². The van der Waals surface area contributed by atoms with E-state index in [1.54, 1.807) is 14.2 Å². The molecule has 2 N–H and O–H groups in total. The molecule has 1 aliphatic heterocycles. The first-order valence-corrected chi connectivity index (χ1v) is 9.57. The van der Waals surface area contributed by atoms with Crippen LogP contribution in [0.4, 0.5) is 4.79 Å². The number of nitrogens with one attached hydrogen (secondary N) is 2. The molecule has 1 aromatic carbocycles. The molecule has 2 amide bonds. The Bertz CT molecular complexity index is 557. The number of carbonyl (C=O) groups excluding carboxylic acids is 1. The summed E-state index contributed by atoms with van der Waals surface area (Å²) in [6.45, 7) is 7.08. The van der Waals surface area contributed by atoms with Crippen molar-refractivity contribution in [2.45, 2.75) is 32.6 Å². The molecule has 1 heterocycles. The molecule has 0 aliphatic carbocycles. The van der Waals surface area contributed by atoms with Crippen molar-refractivity contribution >= 4 is 6.03 Å². The van der Waals surface area contributed by atoms with E-state index in [-0.39, 0.29) is 6.03 Å². The zero-order chi connectivity index (χ0) is 18.8. The summed E-state index contributed by atoms with van der Waals surface area (Å²) in [6, 6.07) is 5.71. The first-order chi connectivity index (χ1) is 12.6. The number of hydrogen-bond donors (Lipinski definition) is 2. The third-order valence-electron chi connectivity index (χ3n) is 4.96. The average molecular weight is 364 g/mol. The van der Waals surface area contributed by atoms with Crippen molar-refractivity contribution in [3.05, 3.63) is 23.8 Å². The normalized spacial score (nSPS) is 15.5. The summed E-state index contributed by atoms with van der Waals surface area (Å²) in [7, 11) is 3.24. The van der Waals surface area contributed by atoms with Gasteiger partial charge in [-0.05, 0) is 68.9 Å². The molecule has 6 heteroatoms. The highest BCUT2D eigenvalue weighted by molar-refractivity contribution is 5.73. The van der Waals surface area contributed by atoms with Crippen molar-refractivity contribution in [3.8, 4) is 11.5 Å². The second-order valence-electron chi connectivity index (χ2n) is 7.00. The van der Waals surface area contributed by atoms with Gasteiger partial charge in [0.05, 0.1) is 14.2 Å². The van der Waals surface area contributed by atoms with Gasteiger partial charge in [-0.15, -0.1) is 0 Å². The van der Waals surface area contributed by atoms with Crippen molar-refractivity contribution in [2.75, 3.05) is 46.9 Å². The van der Waals surface area contributed by atoms with Crippen LogP contribution in [-0.2, 0) is 6.42 Å². The lowest BCUT2D eigenvalue weighted by molar-refractivity contribution is 0.190. The van der Waals surface area contributed by atoms with Gasteiger partial charge < -0.3 is 25.0 Å². The molecular weight excluding hydrogens is 330 g/mol. The second-order valence-corrected chi connectivity index (χ2v) is 7.00. The molecule has 2 rings (SSSR count). The van der Waals surface area contributed by atoms with Crippen LogP contribution < -0.4 is 20.1 Å². The zero-order valence-electron chi connectivity index (χ0n) is 16.3. The molecule has 0 saturated carbocycles. The Labute approximate surface area is 157 Å². The summed E-state index contributed by atoms with van der Waals surface area (Å²) in [5, 5.41) is 5.84. The van der Waals surface area contributed by atoms with Crippen molar-refractivity contribution in [1.29, 1.82) is 0 Å². The molecule has 0 bridgehead atoms. The Hall–Kier alpha value is -1.95. The van der Waals surface area contributed by atoms with E-state index in [1.807, 2.05) is 18.2 Å². The average Bonchev–Trinajstić information content (AvgIpc) is 2.66. The first-order valence-electron chi connectivity index (χ1n) is 9.57. The van der Waals surface area contributed by atoms with Crippen LogP contribution in [0.3, 0.4) is 0 Å². The Morgan fingerprint density at radius 2 is 1.81 bits per heavy atom. The van der Waals surface area contributed by atoms with Crippen molar-refractivity contribution < 1.29 is 14.3 Å². The van der Waals surface area contributed by atoms with Crippen molar-refractivity contribution in [3.63, 3.8) is 0 Å². The van der Waals surface area contributed by atoms with Gasteiger partial charge >= 0.3 is 6.03 Å². The van der Waals surface area contributed by atoms with Crippen LogP contribution in [0.2, 0.25) is 0 Å². The summed E-state index contributed by atoms with van der Waals surface area (Å²) < 4.78 is 10.5. The van der Waals surface area contributed by atoms with Crippen LogP contribution >= 0.6 is 0 Å². The lowest BCUT2D eigenvalue weighted by Crippen LogP contribution is -2.39. The summed E-state index contributed by atoms with van der Waals surface area (Å²) in [5.41, 5.74) is 1.10. The van der Waals surface area contributed by atoms with Crippen LogP contribution in [-0.4, -0.2) is 57.9 Å². The highest BCUT2D eigenvalue weighted by Crippen LogP contribution is 2.27. The van der Waals surface area contributed by atoms with Crippen LogP contribution in [0.15, 0.2) is 18.2 Å². The highest BCUT2D eigenvalue weighted by atomic mass is 16.5. The van der Waals surface area contributed by atoms with E-state index < -0.39 is 0 Å². The summed E-state index contributed by atoms with van der Waals surface area (Å²) in [4.78, 5) is 14.4. The fourth-order valence-corrected chi connectivity index (χ4v) is 3.21. The summed E-state index contributed by atoms with van der Waals surface area (Å²) in [5.74, 6) is 2.28. The van der Waals surface area contributed by atoms with E-state index in [1.165, 1.54) is 25.9 Å². The van der Waals surface area contributed by atoms with E-state index in [9.17, 15) is 4.79 Å². The van der Waals surface area contributed by atoms with E-state index >= 15 is 0 Å². The predicted molar refractivity (Wildman–Crippen MR) is 104 cm³/mol. The Morgan fingerprint density at radius 3 is 2.50 bits per heavy atom. The number of carbonyl (C=O) groups is 1. The maximum atomic E-state index is 11.9. The fraction of sp³-hybridized carbons (Fsp3) is 0.650. The molecular formula is C20H33N3O3. The minimum atomic E-state index is -0.0993. The quantitative estimate of drug-likeness (QED) is 0.662. The Kier molecular flexibility index (Phi) is 8.54. The van der Waals surface area contributed by atoms with Gasteiger partial charge in [0.15, 0.2) is 11.5 Å². The smallest absolute Gasteiger partial charge is 0.314 e. The molecule has 146 valence electrons. The Balaban J connectivity index is 1.57. The fourth-order valence-electron chi connectivity index (χ4n) is 3.21. The van der Waals surface area contributed by atoms with Crippen LogP contribution in [0, 0.1) is 5.92 Å². The molecule has 1 aromatic rings. The molecule has 0 unspecified atom stereocenters. The van der Waals surface area contributed by atoms with Gasteiger partial charge in [-0.3, -0.25) is 0 Å². The monoisotopic (exact) mass is 363 g/mol. The minimum absolute atomic E-state index is 0.0993. The van der Waals surface area contributed by atoms with E-state index in [2.05, 4.69) is 22.5 Å². The number of methoxy groups -OCH3 is 2. The largest absolute Gasteiger partial charge is 0.493 e. The topological polar surface area (TPSA) is 62.8 Å². The minimum Gasteiger partial charge on any atom is -0.493 e. The molecule has 6 nitrogen and oxygen atoms in total. The molecule has 1 aliphatic rings. The highest BCUT2D eigenvalue weighted by Gasteiger charge is 2.14. The number of rotatable bonds is 9. The lowest BCUT2D eigenvalue weighted by Gasteiger charge is -2.30. The third kappa shape index (κ3) is 6.75. The van der Waals surface area contributed by atoms with Gasteiger partial charge in [0.25, 0.3) is 0 Å². The number of likely N-dealkylation sites (tertiary alicyclic amines) is 1. The van der Waals surface area contributed by atoms with Crippen LogP contribution in [0.25, 0.3) is 0 Å². The molecule has 0 radical (unpaired) electrons. The van der Waals surface area contributed by atoms with Gasteiger partial charge in [-0.1, -0.05) is 13.0 Å². The standard InChI is InChI=1S/C20H33N3O3/c1-16-8-13-23(14-9-16)12-4-10-21-20(24)22-11-7-17-5-6-18(25-2)19(15-17)26-3/h5-6,15-16H,4,7-14H2,1-3H3,(H2,21,22,24). The predicted octanol–water partition coefficient (Wildman–Crippen LogP) is 2.67. The molecule has 26 heavy (non-hydrogen) atoms. The van der Waals surface area contributed by atoms with Crippen LogP contribution in [0.1, 0.15) is 31.7 Å². The maximum Gasteiger partial charge on any atom is 0.314 e. The van der Waals surface area contributed by atoms with Crippen molar-refractivity contribution in [2.24, 2.45) is 5.92 Å². The number of hydrogen-bond acceptors (Lipinski definition) is 4. The lowest BCUT2D eigenvalue weighted by atomic mass is 9.99. The van der Waals surface area contributed by atoms with E-state index in [0.717, 1.165) is 30.9 Å². The number of ether oxygens (including phenoxy) is 2. The van der Waals surface area contributed by atoms with Crippen molar-refractivity contribution in [1.82, 2.24) is 15.5 Å². The van der Waals surface area contributed by atoms with Crippen LogP contribution in [0.5, 0.6) is 11.5 Å². The second kappa shape index (κ2) is 10.9. The van der Waals surface area contributed by atoms with Gasteiger partial charge in [0, 0.05) is 13.1 Å². The number of nitrogens with zero attached hydrogens (tertiary/aromatic N) is 1. The maximum absolute atomic E-state index is 11.9. The molecule has 1 saturated heterocycles. The molecule has 0 atom stereocenters. The first kappa shape index (κ1) is 20.4. The van der Waals surface area contributed by atoms with Gasteiger partial charge in [0.1, 0.15) is 0 Å². The molecule has 0 aromatic heterocycles. The number of benzene rings is 1. The Morgan fingerprint density at radius 1 is 1.12 bits per heavy atom. The zero-order valence-corrected chi connectivity index (χ0v) is 16.3. The number of amides is 2. The van der Waals surface area contributed by atoms with Gasteiger partial charge in [-0.2, -0.15) is 0 Å². The summed E-state index contributed by atoms with van der Waals surface area (Å²) >= 11 is 0. The SMILES string of the molecule is COc1ccc(CCNC(=O)NCCCN2CCC(C)CC2)cc1OC. The number of piperidine rings is 1.